The van der Waals surface area contributed by atoms with Crippen molar-refractivity contribution in [2.24, 2.45) is 0 Å². The molecule has 0 fully saturated rings. The number of methoxy groups -OCH3 is 2. The smallest absolute Gasteiger partial charge is 0.231 e. The highest BCUT2D eigenvalue weighted by Gasteiger charge is 2.32. The van der Waals surface area contributed by atoms with Gasteiger partial charge in [-0.1, -0.05) is 23.7 Å². The number of ether oxygens (including phenoxy) is 5. The molecule has 0 spiro atoms. The zero-order valence-corrected chi connectivity index (χ0v) is 20.4. The van der Waals surface area contributed by atoms with E-state index < -0.39 is 0 Å². The monoisotopic (exact) mass is 490 g/mol. The van der Waals surface area contributed by atoms with Gasteiger partial charge in [-0.3, -0.25) is 0 Å². The molecule has 6 nitrogen and oxygen atoms in total. The molecule has 35 heavy (non-hydrogen) atoms. The standard InChI is InChI=1S/C28H25ClNO5/c1-31-24-8-7-20-22(28(24)32-2)13-30-10-9-18-11-25-26(35-16-34-25)12-21(18)27(30)23(20)15-33-14-17-3-5-19(29)6-4-17/h3-8,11-13H,9-10,14-16H2,1-2H3/q+1. The first-order valence-electron chi connectivity index (χ1n) is 11.5. The molecule has 0 aliphatic carbocycles. The summed E-state index contributed by atoms with van der Waals surface area (Å²) in [4.78, 5) is 0. The van der Waals surface area contributed by atoms with Crippen molar-refractivity contribution in [3.63, 3.8) is 0 Å². The zero-order valence-electron chi connectivity index (χ0n) is 19.6. The van der Waals surface area contributed by atoms with Crippen molar-refractivity contribution >= 4 is 22.4 Å². The number of rotatable bonds is 6. The molecule has 3 heterocycles. The summed E-state index contributed by atoms with van der Waals surface area (Å²) in [5.41, 5.74) is 5.67. The lowest BCUT2D eigenvalue weighted by atomic mass is 9.91. The second-order valence-electron chi connectivity index (χ2n) is 8.64. The molecule has 178 valence electrons. The molecule has 0 atom stereocenters. The SMILES string of the molecule is COc1ccc2c(COCc3ccc(Cl)cc3)c3[n+](cc2c1OC)CCc1cc2c(cc1-3)OCO2. The van der Waals surface area contributed by atoms with E-state index in [2.05, 4.69) is 29.0 Å². The van der Waals surface area contributed by atoms with Crippen molar-refractivity contribution < 1.29 is 28.3 Å². The van der Waals surface area contributed by atoms with E-state index in [1.807, 2.05) is 30.3 Å². The molecule has 0 unspecified atom stereocenters. The molecule has 2 aliphatic heterocycles. The van der Waals surface area contributed by atoms with Crippen LogP contribution in [-0.2, 0) is 30.9 Å². The number of halogens is 1. The first-order chi connectivity index (χ1) is 17.2. The Balaban J connectivity index is 1.50. The number of benzene rings is 3. The Hall–Kier alpha value is -3.48. The fourth-order valence-electron chi connectivity index (χ4n) is 5.01. The van der Waals surface area contributed by atoms with E-state index in [0.29, 0.717) is 24.0 Å². The van der Waals surface area contributed by atoms with Gasteiger partial charge in [-0.15, -0.1) is 0 Å². The quantitative estimate of drug-likeness (QED) is 0.336. The Morgan fingerprint density at radius 2 is 1.71 bits per heavy atom. The highest BCUT2D eigenvalue weighted by atomic mass is 35.5. The van der Waals surface area contributed by atoms with Crippen LogP contribution in [0.15, 0.2) is 54.7 Å². The van der Waals surface area contributed by atoms with E-state index in [9.17, 15) is 0 Å². The summed E-state index contributed by atoms with van der Waals surface area (Å²) in [6.45, 7) is 2.00. The van der Waals surface area contributed by atoms with Crippen molar-refractivity contribution in [1.29, 1.82) is 0 Å². The lowest BCUT2D eigenvalue weighted by molar-refractivity contribution is -0.686. The number of hydrogen-bond donors (Lipinski definition) is 0. The minimum absolute atomic E-state index is 0.254. The van der Waals surface area contributed by atoms with E-state index in [4.69, 9.17) is 35.3 Å². The Morgan fingerprint density at radius 3 is 2.49 bits per heavy atom. The van der Waals surface area contributed by atoms with Crippen LogP contribution in [0, 0.1) is 0 Å². The molecule has 1 aromatic heterocycles. The van der Waals surface area contributed by atoms with Crippen LogP contribution >= 0.6 is 11.6 Å². The number of hydrogen-bond acceptors (Lipinski definition) is 5. The minimum atomic E-state index is 0.254. The van der Waals surface area contributed by atoms with Crippen LogP contribution in [0.2, 0.25) is 5.02 Å². The highest BCUT2D eigenvalue weighted by Crippen LogP contribution is 2.43. The summed E-state index contributed by atoms with van der Waals surface area (Å²) in [5, 5.41) is 2.77. The molecule has 4 aromatic rings. The van der Waals surface area contributed by atoms with Crippen molar-refractivity contribution in [2.45, 2.75) is 26.2 Å². The summed E-state index contributed by atoms with van der Waals surface area (Å²) in [6.07, 6.45) is 3.05. The molecule has 3 aromatic carbocycles. The predicted octanol–water partition coefficient (Wildman–Crippen LogP) is 5.47. The highest BCUT2D eigenvalue weighted by molar-refractivity contribution is 6.30. The van der Waals surface area contributed by atoms with Crippen LogP contribution in [0.4, 0.5) is 0 Å². The number of aryl methyl sites for hydroxylation is 2. The third kappa shape index (κ3) is 3.83. The average Bonchev–Trinajstić information content (AvgIpc) is 3.34. The lowest BCUT2D eigenvalue weighted by Crippen LogP contribution is -2.41. The normalized spacial score (nSPS) is 13.5. The fourth-order valence-corrected chi connectivity index (χ4v) is 5.13. The van der Waals surface area contributed by atoms with Gasteiger partial charge >= 0.3 is 0 Å². The van der Waals surface area contributed by atoms with Gasteiger partial charge in [0.05, 0.1) is 43.9 Å². The van der Waals surface area contributed by atoms with Crippen LogP contribution < -0.4 is 23.5 Å². The van der Waals surface area contributed by atoms with Gasteiger partial charge in [0.1, 0.15) is 0 Å². The van der Waals surface area contributed by atoms with Crippen LogP contribution in [0.25, 0.3) is 22.0 Å². The number of pyridine rings is 1. The van der Waals surface area contributed by atoms with Gasteiger partial charge in [0.15, 0.2) is 35.7 Å². The van der Waals surface area contributed by atoms with Crippen LogP contribution in [-0.4, -0.2) is 21.0 Å². The Morgan fingerprint density at radius 1 is 0.914 bits per heavy atom. The van der Waals surface area contributed by atoms with E-state index >= 15 is 0 Å². The largest absolute Gasteiger partial charge is 0.493 e. The van der Waals surface area contributed by atoms with Gasteiger partial charge < -0.3 is 23.7 Å². The Kier molecular flexibility index (Phi) is 5.63. The second-order valence-corrected chi connectivity index (χ2v) is 9.08. The molecule has 0 N–H and O–H groups in total. The van der Waals surface area contributed by atoms with Gasteiger partial charge in [0.2, 0.25) is 12.5 Å². The van der Waals surface area contributed by atoms with Gasteiger partial charge in [0, 0.05) is 16.8 Å². The number of fused-ring (bicyclic) bond motifs is 5. The topological polar surface area (TPSA) is 50.0 Å². The Bertz CT molecular complexity index is 1430. The van der Waals surface area contributed by atoms with Crippen molar-refractivity contribution in [2.75, 3.05) is 21.0 Å². The molecule has 0 amide bonds. The summed E-state index contributed by atoms with van der Waals surface area (Å²) in [5.74, 6) is 3.01. The molecule has 6 rings (SSSR count). The Labute approximate surface area is 208 Å². The summed E-state index contributed by atoms with van der Waals surface area (Å²) < 4.78 is 31.3. The van der Waals surface area contributed by atoms with E-state index in [-0.39, 0.29) is 6.79 Å². The van der Waals surface area contributed by atoms with Gasteiger partial charge in [-0.05, 0) is 47.5 Å². The molecule has 7 heteroatoms. The van der Waals surface area contributed by atoms with Crippen LogP contribution in [0.3, 0.4) is 0 Å². The molecule has 0 saturated carbocycles. The van der Waals surface area contributed by atoms with Crippen LogP contribution in [0.5, 0.6) is 23.0 Å². The predicted molar refractivity (Wildman–Crippen MR) is 132 cm³/mol. The maximum atomic E-state index is 6.27. The summed E-state index contributed by atoms with van der Waals surface area (Å²) in [6, 6.07) is 16.0. The number of nitrogens with zero attached hydrogens (tertiary/aromatic N) is 1. The van der Waals surface area contributed by atoms with Crippen molar-refractivity contribution in [3.05, 3.63) is 76.4 Å². The maximum absolute atomic E-state index is 6.27. The van der Waals surface area contributed by atoms with Crippen molar-refractivity contribution in [3.8, 4) is 34.3 Å². The average molecular weight is 491 g/mol. The van der Waals surface area contributed by atoms with E-state index in [0.717, 1.165) is 63.4 Å². The molecule has 0 bridgehead atoms. The fraction of sp³-hybridized carbons (Fsp3) is 0.250. The van der Waals surface area contributed by atoms with Gasteiger partial charge in [-0.2, -0.15) is 4.57 Å². The molecule has 0 radical (unpaired) electrons. The maximum Gasteiger partial charge on any atom is 0.231 e. The first kappa shape index (κ1) is 22.0. The summed E-state index contributed by atoms with van der Waals surface area (Å²) in [7, 11) is 3.33. The lowest BCUT2D eigenvalue weighted by Gasteiger charge is -2.21. The number of aromatic nitrogens is 1. The molecular formula is C28H25ClNO5+. The minimum Gasteiger partial charge on any atom is -0.493 e. The third-order valence-electron chi connectivity index (χ3n) is 6.67. The van der Waals surface area contributed by atoms with Gasteiger partial charge in [0.25, 0.3) is 0 Å². The van der Waals surface area contributed by atoms with E-state index in [1.54, 1.807) is 14.2 Å². The molecule has 2 aliphatic rings. The van der Waals surface area contributed by atoms with Crippen molar-refractivity contribution in [1.82, 2.24) is 0 Å². The zero-order chi connectivity index (χ0) is 23.9. The summed E-state index contributed by atoms with van der Waals surface area (Å²) >= 11 is 6.04. The third-order valence-corrected chi connectivity index (χ3v) is 6.92. The second kappa shape index (κ2) is 8.95. The van der Waals surface area contributed by atoms with E-state index in [1.165, 1.54) is 5.56 Å². The first-order valence-corrected chi connectivity index (χ1v) is 11.9. The molecule has 0 saturated heterocycles. The molecular weight excluding hydrogens is 466 g/mol. The van der Waals surface area contributed by atoms with Crippen LogP contribution in [0.1, 0.15) is 16.7 Å². The van der Waals surface area contributed by atoms with Gasteiger partial charge in [-0.25, -0.2) is 0 Å².